The quantitative estimate of drug-likeness (QED) is 0.806. The SMILES string of the molecule is CC(C)N1CCC2(C[C@H]3CC[C@@H](C2)N3C(=O)OCc2ccccc2)OC1=O. The highest BCUT2D eigenvalue weighted by atomic mass is 16.6. The van der Waals surface area contributed by atoms with Crippen LogP contribution >= 0.6 is 0 Å². The van der Waals surface area contributed by atoms with E-state index in [4.69, 9.17) is 9.47 Å². The van der Waals surface area contributed by atoms with Gasteiger partial charge < -0.3 is 19.3 Å². The maximum Gasteiger partial charge on any atom is 0.410 e. The molecule has 0 aliphatic carbocycles. The summed E-state index contributed by atoms with van der Waals surface area (Å²) in [5.41, 5.74) is 0.575. The van der Waals surface area contributed by atoms with Crippen LogP contribution in [0.1, 0.15) is 51.5 Å². The number of carbonyl (C=O) groups is 2. The smallest absolute Gasteiger partial charge is 0.410 e. The number of hydrogen-bond acceptors (Lipinski definition) is 4. The Morgan fingerprint density at radius 3 is 2.48 bits per heavy atom. The lowest BCUT2D eigenvalue weighted by Crippen LogP contribution is -2.59. The molecule has 0 aromatic heterocycles. The van der Waals surface area contributed by atoms with Crippen molar-refractivity contribution in [1.82, 2.24) is 9.80 Å². The van der Waals surface area contributed by atoms with Gasteiger partial charge in [-0.25, -0.2) is 9.59 Å². The van der Waals surface area contributed by atoms with Crippen LogP contribution in [-0.4, -0.2) is 52.3 Å². The Labute approximate surface area is 160 Å². The minimum absolute atomic E-state index is 0.102. The fourth-order valence-corrected chi connectivity index (χ4v) is 4.86. The Bertz CT molecular complexity index is 691. The standard InChI is InChI=1S/C21H28N2O4/c1-15(2)22-11-10-21(27-19(22)24)12-17-8-9-18(13-21)23(17)20(25)26-14-16-6-4-3-5-7-16/h3-7,15,17-18H,8-14H2,1-2H3/t17-,18+,21?. The summed E-state index contributed by atoms with van der Waals surface area (Å²) in [5.74, 6) is 0. The molecule has 4 rings (SSSR count). The van der Waals surface area contributed by atoms with Crippen LogP contribution in [0.2, 0.25) is 0 Å². The zero-order valence-corrected chi connectivity index (χ0v) is 16.1. The largest absolute Gasteiger partial charge is 0.445 e. The van der Waals surface area contributed by atoms with Crippen molar-refractivity contribution in [2.24, 2.45) is 0 Å². The van der Waals surface area contributed by atoms with Crippen LogP contribution in [0.5, 0.6) is 0 Å². The number of piperidine rings is 1. The van der Waals surface area contributed by atoms with Gasteiger partial charge in [0.15, 0.2) is 0 Å². The number of nitrogens with zero attached hydrogens (tertiary/aromatic N) is 2. The summed E-state index contributed by atoms with van der Waals surface area (Å²) in [5, 5.41) is 0. The molecule has 2 bridgehead atoms. The number of hydrogen-bond donors (Lipinski definition) is 0. The van der Waals surface area contributed by atoms with Crippen LogP contribution in [0.3, 0.4) is 0 Å². The van der Waals surface area contributed by atoms with Crippen molar-refractivity contribution in [3.63, 3.8) is 0 Å². The van der Waals surface area contributed by atoms with Crippen molar-refractivity contribution in [1.29, 1.82) is 0 Å². The van der Waals surface area contributed by atoms with Crippen LogP contribution in [0, 0.1) is 0 Å². The zero-order chi connectivity index (χ0) is 19.0. The first kappa shape index (κ1) is 18.1. The first-order chi connectivity index (χ1) is 13.0. The molecule has 1 spiro atoms. The molecule has 146 valence electrons. The second-order valence-corrected chi connectivity index (χ2v) is 8.33. The number of ether oxygens (including phenoxy) is 2. The second-order valence-electron chi connectivity index (χ2n) is 8.33. The van der Waals surface area contributed by atoms with E-state index < -0.39 is 5.60 Å². The first-order valence-corrected chi connectivity index (χ1v) is 9.96. The van der Waals surface area contributed by atoms with E-state index in [2.05, 4.69) is 0 Å². The molecular weight excluding hydrogens is 344 g/mol. The van der Waals surface area contributed by atoms with Crippen LogP contribution in [0.15, 0.2) is 30.3 Å². The maximum atomic E-state index is 12.7. The summed E-state index contributed by atoms with van der Waals surface area (Å²) >= 11 is 0. The summed E-state index contributed by atoms with van der Waals surface area (Å²) < 4.78 is 11.5. The van der Waals surface area contributed by atoms with Crippen molar-refractivity contribution in [3.05, 3.63) is 35.9 Å². The lowest BCUT2D eigenvalue weighted by atomic mass is 9.82. The van der Waals surface area contributed by atoms with Crippen molar-refractivity contribution >= 4 is 12.2 Å². The van der Waals surface area contributed by atoms with Crippen molar-refractivity contribution in [2.45, 2.75) is 76.3 Å². The van der Waals surface area contributed by atoms with Gasteiger partial charge in [-0.15, -0.1) is 0 Å². The molecule has 6 nitrogen and oxygen atoms in total. The summed E-state index contributed by atoms with van der Waals surface area (Å²) in [6, 6.07) is 10.1. The van der Waals surface area contributed by atoms with Gasteiger partial charge in [0.1, 0.15) is 12.2 Å². The van der Waals surface area contributed by atoms with E-state index in [1.807, 2.05) is 49.1 Å². The number of rotatable bonds is 3. The monoisotopic (exact) mass is 372 g/mol. The van der Waals surface area contributed by atoms with E-state index in [1.54, 1.807) is 4.90 Å². The van der Waals surface area contributed by atoms with Gasteiger partial charge in [-0.3, -0.25) is 0 Å². The normalized spacial score (nSPS) is 30.0. The van der Waals surface area contributed by atoms with Gasteiger partial charge in [0.05, 0.1) is 0 Å². The minimum Gasteiger partial charge on any atom is -0.445 e. The van der Waals surface area contributed by atoms with Crippen LogP contribution in [0.4, 0.5) is 9.59 Å². The third-order valence-corrected chi connectivity index (χ3v) is 6.22. The fourth-order valence-electron chi connectivity index (χ4n) is 4.86. The Kier molecular flexibility index (Phi) is 4.74. The number of amides is 2. The van der Waals surface area contributed by atoms with Gasteiger partial charge in [0.2, 0.25) is 0 Å². The predicted octanol–water partition coefficient (Wildman–Crippen LogP) is 3.94. The van der Waals surface area contributed by atoms with Crippen LogP contribution in [0.25, 0.3) is 0 Å². The third-order valence-electron chi connectivity index (χ3n) is 6.22. The lowest BCUT2D eigenvalue weighted by molar-refractivity contribution is -0.0992. The molecule has 3 aliphatic heterocycles. The summed E-state index contributed by atoms with van der Waals surface area (Å²) in [4.78, 5) is 28.8. The molecule has 0 saturated carbocycles. The third kappa shape index (κ3) is 3.49. The Balaban J connectivity index is 1.39. The number of benzene rings is 1. The molecule has 1 aromatic rings. The minimum atomic E-state index is -0.412. The zero-order valence-electron chi connectivity index (χ0n) is 16.1. The summed E-state index contributed by atoms with van der Waals surface area (Å²) in [7, 11) is 0. The molecule has 3 heterocycles. The molecule has 3 fully saturated rings. The second kappa shape index (κ2) is 7.06. The van der Waals surface area contributed by atoms with Gasteiger partial charge in [0, 0.05) is 43.9 Å². The highest BCUT2D eigenvalue weighted by Crippen LogP contribution is 2.46. The molecule has 0 radical (unpaired) electrons. The molecule has 1 unspecified atom stereocenters. The van der Waals surface area contributed by atoms with Crippen molar-refractivity contribution in [2.75, 3.05) is 6.54 Å². The average molecular weight is 372 g/mol. The van der Waals surface area contributed by atoms with Gasteiger partial charge in [-0.2, -0.15) is 0 Å². The molecule has 0 N–H and O–H groups in total. The lowest BCUT2D eigenvalue weighted by Gasteiger charge is -2.49. The van der Waals surface area contributed by atoms with E-state index in [-0.39, 0.29) is 30.3 Å². The topological polar surface area (TPSA) is 59.1 Å². The molecule has 2 amide bonds. The predicted molar refractivity (Wildman–Crippen MR) is 100 cm³/mol. The average Bonchev–Trinajstić information content (AvgIpc) is 2.92. The number of fused-ring (bicyclic) bond motifs is 2. The van der Waals surface area contributed by atoms with Gasteiger partial charge in [-0.05, 0) is 32.3 Å². The molecule has 6 heteroatoms. The number of carbonyl (C=O) groups excluding carboxylic acids is 2. The Hall–Kier alpha value is -2.24. The highest BCUT2D eigenvalue weighted by Gasteiger charge is 2.54. The Morgan fingerprint density at radius 1 is 1.22 bits per heavy atom. The van der Waals surface area contributed by atoms with E-state index in [9.17, 15) is 9.59 Å². The fraction of sp³-hybridized carbons (Fsp3) is 0.619. The van der Waals surface area contributed by atoms with Crippen molar-refractivity contribution in [3.8, 4) is 0 Å². The van der Waals surface area contributed by atoms with Gasteiger partial charge >= 0.3 is 12.2 Å². The van der Waals surface area contributed by atoms with E-state index in [0.29, 0.717) is 6.61 Å². The van der Waals surface area contributed by atoms with Crippen LogP contribution in [-0.2, 0) is 16.1 Å². The van der Waals surface area contributed by atoms with Gasteiger partial charge in [-0.1, -0.05) is 30.3 Å². The highest BCUT2D eigenvalue weighted by molar-refractivity contribution is 5.71. The first-order valence-electron chi connectivity index (χ1n) is 9.96. The van der Waals surface area contributed by atoms with Gasteiger partial charge in [0.25, 0.3) is 0 Å². The molecule has 1 aromatic carbocycles. The maximum absolute atomic E-state index is 12.7. The van der Waals surface area contributed by atoms with E-state index >= 15 is 0 Å². The molecule has 3 saturated heterocycles. The molecule has 3 aliphatic rings. The molecular formula is C21H28N2O4. The molecule has 3 atom stereocenters. The van der Waals surface area contributed by atoms with Crippen LogP contribution < -0.4 is 0 Å². The summed E-state index contributed by atoms with van der Waals surface area (Å²) in [6.07, 6.45) is 3.75. The van der Waals surface area contributed by atoms with Crippen molar-refractivity contribution < 1.29 is 19.1 Å². The van der Waals surface area contributed by atoms with E-state index in [1.165, 1.54) is 0 Å². The van der Waals surface area contributed by atoms with E-state index in [0.717, 1.165) is 44.2 Å². The molecule has 27 heavy (non-hydrogen) atoms. The Morgan fingerprint density at radius 2 is 1.89 bits per heavy atom. The summed E-state index contributed by atoms with van der Waals surface area (Å²) in [6.45, 7) is 5.04.